The molecule has 9 nitrogen and oxygen atoms in total. The molecule has 0 bridgehead atoms. The third kappa shape index (κ3) is 3.87. The number of sulfonamides is 1. The Labute approximate surface area is 161 Å². The van der Waals surface area contributed by atoms with E-state index in [0.29, 0.717) is 10.9 Å². The summed E-state index contributed by atoms with van der Waals surface area (Å²) < 4.78 is 27.3. The highest BCUT2D eigenvalue weighted by Gasteiger charge is 2.19. The number of nitrogens with two attached hydrogens (primary N) is 1. The Hall–Kier alpha value is -3.24. The van der Waals surface area contributed by atoms with E-state index in [1.54, 1.807) is 32.0 Å². The van der Waals surface area contributed by atoms with Gasteiger partial charge >= 0.3 is 0 Å². The van der Waals surface area contributed by atoms with Crippen LogP contribution >= 0.6 is 0 Å². The Morgan fingerprint density at radius 1 is 1.18 bits per heavy atom. The molecule has 3 rings (SSSR count). The molecule has 0 atom stereocenters. The average molecular weight is 401 g/mol. The highest BCUT2D eigenvalue weighted by Crippen LogP contribution is 2.37. The minimum absolute atomic E-state index is 0.0293. The highest BCUT2D eigenvalue weighted by molar-refractivity contribution is 7.89. The normalized spacial score (nSPS) is 12.2. The van der Waals surface area contributed by atoms with E-state index in [2.05, 4.69) is 19.9 Å². The van der Waals surface area contributed by atoms with Crippen LogP contribution in [0.4, 0.5) is 11.4 Å². The fraction of sp³-hybridized carbons (Fsp3) is 0.167. The standard InChI is InChI=1S/C18H19N5O4S/c1-10(2)23-28(26,27)11-7-8-14-13(9-11)16(18(25)20-14)22-21-15-6-4-3-5-12(15)17(19)24/h3-10,20,23,25H,1-2H3,(H2,19,24). The number of aromatic nitrogens is 1. The topological polar surface area (TPSA) is 150 Å². The lowest BCUT2D eigenvalue weighted by Gasteiger charge is -2.09. The van der Waals surface area contributed by atoms with Gasteiger partial charge < -0.3 is 15.8 Å². The van der Waals surface area contributed by atoms with Crippen molar-refractivity contribution < 1.29 is 18.3 Å². The zero-order valence-electron chi connectivity index (χ0n) is 15.2. The molecule has 1 heterocycles. The predicted molar refractivity (Wildman–Crippen MR) is 105 cm³/mol. The summed E-state index contributed by atoms with van der Waals surface area (Å²) in [6.45, 7) is 3.43. The van der Waals surface area contributed by atoms with E-state index in [0.717, 1.165) is 0 Å². The first-order chi connectivity index (χ1) is 13.2. The Kier molecular flexibility index (Phi) is 5.16. The number of rotatable bonds is 6. The lowest BCUT2D eigenvalue weighted by molar-refractivity contribution is 0.100. The molecule has 28 heavy (non-hydrogen) atoms. The predicted octanol–water partition coefficient (Wildman–Crippen LogP) is 3.07. The molecular weight excluding hydrogens is 382 g/mol. The van der Waals surface area contributed by atoms with Crippen LogP contribution in [0.2, 0.25) is 0 Å². The monoisotopic (exact) mass is 401 g/mol. The maximum absolute atomic E-state index is 12.4. The Morgan fingerprint density at radius 2 is 1.89 bits per heavy atom. The molecular formula is C18H19N5O4S. The van der Waals surface area contributed by atoms with E-state index in [-0.39, 0.29) is 33.8 Å². The molecule has 5 N–H and O–H groups in total. The Balaban J connectivity index is 2.08. The highest BCUT2D eigenvalue weighted by atomic mass is 32.2. The van der Waals surface area contributed by atoms with Crippen LogP contribution in [0.1, 0.15) is 24.2 Å². The Morgan fingerprint density at radius 3 is 2.57 bits per heavy atom. The molecule has 10 heteroatoms. The third-order valence-corrected chi connectivity index (χ3v) is 5.51. The van der Waals surface area contributed by atoms with Crippen LogP contribution in [-0.4, -0.2) is 30.5 Å². The van der Waals surface area contributed by atoms with Gasteiger partial charge in [-0.2, -0.15) is 0 Å². The molecule has 0 unspecified atom stereocenters. The average Bonchev–Trinajstić information content (AvgIpc) is 2.93. The van der Waals surface area contributed by atoms with Crippen molar-refractivity contribution in [1.82, 2.24) is 9.71 Å². The van der Waals surface area contributed by atoms with Gasteiger partial charge in [0, 0.05) is 11.4 Å². The molecule has 0 aliphatic rings. The maximum atomic E-state index is 12.4. The van der Waals surface area contributed by atoms with Gasteiger partial charge in [0.1, 0.15) is 0 Å². The quantitative estimate of drug-likeness (QED) is 0.469. The SMILES string of the molecule is CC(C)NS(=O)(=O)c1ccc2[nH]c(O)c(N=Nc3ccccc3C(N)=O)c2c1. The summed E-state index contributed by atoms with van der Waals surface area (Å²) in [4.78, 5) is 14.2. The van der Waals surface area contributed by atoms with Crippen molar-refractivity contribution in [2.75, 3.05) is 0 Å². The number of carbonyl (C=O) groups excluding carboxylic acids is 1. The van der Waals surface area contributed by atoms with Crippen molar-refractivity contribution in [3.63, 3.8) is 0 Å². The minimum Gasteiger partial charge on any atom is -0.493 e. The van der Waals surface area contributed by atoms with Crippen molar-refractivity contribution in [3.05, 3.63) is 48.0 Å². The van der Waals surface area contributed by atoms with Crippen LogP contribution in [0, 0.1) is 0 Å². The van der Waals surface area contributed by atoms with Crippen molar-refractivity contribution in [2.45, 2.75) is 24.8 Å². The largest absolute Gasteiger partial charge is 0.493 e. The van der Waals surface area contributed by atoms with E-state index in [1.807, 2.05) is 0 Å². The van der Waals surface area contributed by atoms with E-state index >= 15 is 0 Å². The van der Waals surface area contributed by atoms with Gasteiger partial charge in [-0.25, -0.2) is 13.1 Å². The van der Waals surface area contributed by atoms with Gasteiger partial charge in [0.05, 0.1) is 21.7 Å². The van der Waals surface area contributed by atoms with Gasteiger partial charge in [-0.05, 0) is 44.2 Å². The van der Waals surface area contributed by atoms with Crippen LogP contribution < -0.4 is 10.5 Å². The zero-order valence-corrected chi connectivity index (χ0v) is 16.0. The lowest BCUT2D eigenvalue weighted by Crippen LogP contribution is -2.30. The number of primary amides is 1. The molecule has 2 aromatic carbocycles. The number of azo groups is 1. The third-order valence-electron chi connectivity index (χ3n) is 3.85. The number of nitrogens with one attached hydrogen (secondary N) is 2. The van der Waals surface area contributed by atoms with Crippen LogP contribution in [0.3, 0.4) is 0 Å². The summed E-state index contributed by atoms with van der Waals surface area (Å²) in [5.74, 6) is -0.937. The van der Waals surface area contributed by atoms with Crippen molar-refractivity contribution >= 4 is 38.2 Å². The van der Waals surface area contributed by atoms with Gasteiger partial charge in [-0.3, -0.25) is 4.79 Å². The minimum atomic E-state index is -3.72. The molecule has 1 aromatic heterocycles. The molecule has 0 aliphatic carbocycles. The summed E-state index contributed by atoms with van der Waals surface area (Å²) in [5.41, 5.74) is 6.26. The molecule has 0 saturated heterocycles. The molecule has 0 radical (unpaired) electrons. The number of benzene rings is 2. The summed E-state index contributed by atoms with van der Waals surface area (Å²) in [6.07, 6.45) is 0. The second-order valence-electron chi connectivity index (χ2n) is 6.39. The Bertz CT molecular complexity index is 1180. The summed E-state index contributed by atoms with van der Waals surface area (Å²) in [7, 11) is -3.72. The number of nitrogens with zero attached hydrogens (tertiary/aromatic N) is 2. The fourth-order valence-electron chi connectivity index (χ4n) is 2.66. The zero-order chi connectivity index (χ0) is 20.5. The van der Waals surface area contributed by atoms with Gasteiger partial charge in [-0.1, -0.05) is 12.1 Å². The van der Waals surface area contributed by atoms with Gasteiger partial charge in [0.15, 0.2) is 5.69 Å². The smallest absolute Gasteiger partial charge is 0.250 e. The summed E-state index contributed by atoms with van der Waals surface area (Å²) >= 11 is 0. The molecule has 0 fully saturated rings. The van der Waals surface area contributed by atoms with Crippen LogP contribution in [0.5, 0.6) is 5.88 Å². The van der Waals surface area contributed by atoms with E-state index in [9.17, 15) is 18.3 Å². The van der Waals surface area contributed by atoms with Crippen molar-refractivity contribution in [1.29, 1.82) is 0 Å². The number of fused-ring (bicyclic) bond motifs is 1. The molecule has 0 spiro atoms. The summed E-state index contributed by atoms with van der Waals surface area (Å²) in [6, 6.07) is 10.4. The molecule has 146 valence electrons. The van der Waals surface area contributed by atoms with Gasteiger partial charge in [-0.15, -0.1) is 10.2 Å². The molecule has 0 saturated carbocycles. The second-order valence-corrected chi connectivity index (χ2v) is 8.10. The molecule has 0 aliphatic heterocycles. The fourth-order valence-corrected chi connectivity index (χ4v) is 3.94. The van der Waals surface area contributed by atoms with Crippen LogP contribution in [0.15, 0.2) is 57.6 Å². The first kappa shape index (κ1) is 19.5. The number of aromatic amines is 1. The van der Waals surface area contributed by atoms with E-state index < -0.39 is 15.9 Å². The van der Waals surface area contributed by atoms with Crippen molar-refractivity contribution in [3.8, 4) is 5.88 Å². The number of amides is 1. The lowest BCUT2D eigenvalue weighted by atomic mass is 10.2. The van der Waals surface area contributed by atoms with Gasteiger partial charge in [0.2, 0.25) is 15.9 Å². The van der Waals surface area contributed by atoms with Crippen molar-refractivity contribution in [2.24, 2.45) is 16.0 Å². The summed E-state index contributed by atoms with van der Waals surface area (Å²) in [5, 5.41) is 18.5. The number of hydrogen-bond acceptors (Lipinski definition) is 6. The molecule has 1 amide bonds. The molecule has 3 aromatic rings. The first-order valence-corrected chi connectivity index (χ1v) is 9.85. The number of H-pyrrole nitrogens is 1. The second kappa shape index (κ2) is 7.41. The van der Waals surface area contributed by atoms with Gasteiger partial charge in [0.25, 0.3) is 5.91 Å². The van der Waals surface area contributed by atoms with Crippen LogP contribution in [-0.2, 0) is 10.0 Å². The number of aromatic hydroxyl groups is 1. The van der Waals surface area contributed by atoms with E-state index in [4.69, 9.17) is 5.73 Å². The number of carbonyl (C=O) groups is 1. The maximum Gasteiger partial charge on any atom is 0.250 e. The van der Waals surface area contributed by atoms with Crippen LogP contribution in [0.25, 0.3) is 10.9 Å². The van der Waals surface area contributed by atoms with E-state index in [1.165, 1.54) is 24.3 Å². The number of hydrogen-bond donors (Lipinski definition) is 4. The first-order valence-electron chi connectivity index (χ1n) is 8.36.